The van der Waals surface area contributed by atoms with Gasteiger partial charge in [0, 0.05) is 12.8 Å². The Labute approximate surface area is 126 Å². The Morgan fingerprint density at radius 1 is 1.33 bits per heavy atom. The molecular weight excluding hydrogens is 318 g/mol. The molecule has 0 radical (unpaired) electrons. The number of anilines is 1. The van der Waals surface area contributed by atoms with Crippen molar-refractivity contribution >= 4 is 27.4 Å². The van der Waals surface area contributed by atoms with Crippen LogP contribution in [0.4, 0.5) is 5.95 Å². The van der Waals surface area contributed by atoms with E-state index in [2.05, 4.69) is 30.4 Å². The highest BCUT2D eigenvalue weighted by Gasteiger charge is 2.30. The highest BCUT2D eigenvalue weighted by Crippen LogP contribution is 2.16. The van der Waals surface area contributed by atoms with E-state index in [1.54, 1.807) is 13.8 Å². The van der Waals surface area contributed by atoms with E-state index in [0.29, 0.717) is 0 Å². The molecule has 9 nitrogen and oxygen atoms in total. The van der Waals surface area contributed by atoms with Crippen LogP contribution in [0.5, 0.6) is 0 Å². The second kappa shape index (κ2) is 5.53. The van der Waals surface area contributed by atoms with Crippen LogP contribution in [0.15, 0.2) is 12.7 Å². The summed E-state index contributed by atoms with van der Waals surface area (Å²) in [7, 11) is -3.23. The van der Waals surface area contributed by atoms with Crippen LogP contribution in [0, 0.1) is 0 Å². The van der Waals surface area contributed by atoms with Gasteiger partial charge in [-0.3, -0.25) is 0 Å². The van der Waals surface area contributed by atoms with Crippen LogP contribution in [0.3, 0.4) is 0 Å². The summed E-state index contributed by atoms with van der Waals surface area (Å²) < 4.78 is 23.7. The van der Waals surface area contributed by atoms with E-state index in [-0.39, 0.29) is 23.7 Å². The molecule has 0 fully saturated rings. The van der Waals surface area contributed by atoms with Crippen molar-refractivity contribution in [1.29, 1.82) is 0 Å². The van der Waals surface area contributed by atoms with Crippen LogP contribution in [0.2, 0.25) is 5.28 Å². The highest BCUT2D eigenvalue weighted by atomic mass is 35.5. The van der Waals surface area contributed by atoms with Crippen LogP contribution in [0.25, 0.3) is 5.95 Å². The van der Waals surface area contributed by atoms with E-state index in [9.17, 15) is 8.42 Å². The molecule has 0 spiro atoms. The lowest BCUT2D eigenvalue weighted by molar-refractivity contribution is 0.559. The summed E-state index contributed by atoms with van der Waals surface area (Å²) >= 11 is 5.82. The number of aromatic nitrogens is 6. The summed E-state index contributed by atoms with van der Waals surface area (Å²) in [6.45, 7) is 3.34. The quantitative estimate of drug-likeness (QED) is 0.833. The van der Waals surface area contributed by atoms with E-state index in [1.165, 1.54) is 23.6 Å². The van der Waals surface area contributed by atoms with Gasteiger partial charge in [0.1, 0.15) is 12.7 Å². The predicted octanol–water partition coefficient (Wildman–Crippen LogP) is 0.341. The van der Waals surface area contributed by atoms with Crippen molar-refractivity contribution in [2.45, 2.75) is 18.6 Å². The Morgan fingerprint density at radius 3 is 2.62 bits per heavy atom. The maximum atomic E-state index is 11.7. The van der Waals surface area contributed by atoms with E-state index >= 15 is 0 Å². The van der Waals surface area contributed by atoms with Crippen molar-refractivity contribution < 1.29 is 8.42 Å². The molecule has 0 atom stereocenters. The number of rotatable bonds is 5. The summed E-state index contributed by atoms with van der Waals surface area (Å²) in [4.78, 5) is 15.7. The Hall–Kier alpha value is -1.81. The third-order valence-electron chi connectivity index (χ3n) is 2.90. The molecular formula is C10H14ClN7O2S. The van der Waals surface area contributed by atoms with Crippen LogP contribution in [0.1, 0.15) is 13.8 Å². The summed E-state index contributed by atoms with van der Waals surface area (Å²) in [6, 6.07) is 0. The first-order chi connectivity index (χ1) is 9.69. The monoisotopic (exact) mass is 331 g/mol. The fourth-order valence-corrected chi connectivity index (χ4v) is 1.75. The molecule has 114 valence electrons. The normalized spacial score (nSPS) is 12.4. The maximum absolute atomic E-state index is 11.7. The molecule has 2 aromatic rings. The maximum Gasteiger partial charge on any atom is 0.258 e. The lowest BCUT2D eigenvalue weighted by Gasteiger charge is -2.22. The van der Waals surface area contributed by atoms with Crippen molar-refractivity contribution in [3.8, 4) is 5.95 Å². The van der Waals surface area contributed by atoms with Gasteiger partial charge in [-0.1, -0.05) is 0 Å². The molecule has 0 saturated carbocycles. The first-order valence-corrected chi connectivity index (χ1v) is 8.16. The minimum Gasteiger partial charge on any atom is -0.352 e. The number of sulfone groups is 1. The molecule has 0 aliphatic rings. The molecule has 0 aliphatic carbocycles. The molecule has 0 aromatic carbocycles. The van der Waals surface area contributed by atoms with E-state index in [0.717, 1.165) is 0 Å². The van der Waals surface area contributed by atoms with E-state index in [1.807, 2.05) is 0 Å². The lowest BCUT2D eigenvalue weighted by atomic mass is 10.2. The first kappa shape index (κ1) is 15.6. The number of hydrogen-bond donors (Lipinski definition) is 1. The number of hydrogen-bond acceptors (Lipinski definition) is 8. The van der Waals surface area contributed by atoms with Gasteiger partial charge in [0.05, 0.1) is 4.75 Å². The molecule has 21 heavy (non-hydrogen) atoms. The second-order valence-electron chi connectivity index (χ2n) is 4.95. The molecule has 2 rings (SSSR count). The summed E-state index contributed by atoms with van der Waals surface area (Å²) in [5, 5.41) is 6.70. The average Bonchev–Trinajstić information content (AvgIpc) is 2.88. The van der Waals surface area contributed by atoms with Crippen LogP contribution >= 0.6 is 11.6 Å². The molecule has 2 heterocycles. The number of nitrogens with zero attached hydrogens (tertiary/aromatic N) is 6. The largest absolute Gasteiger partial charge is 0.352 e. The van der Waals surface area contributed by atoms with Gasteiger partial charge in [-0.05, 0) is 25.4 Å². The van der Waals surface area contributed by atoms with E-state index in [4.69, 9.17) is 11.6 Å². The second-order valence-corrected chi connectivity index (χ2v) is 7.94. The molecule has 2 aromatic heterocycles. The topological polar surface area (TPSA) is 116 Å². The summed E-state index contributed by atoms with van der Waals surface area (Å²) in [5.74, 6) is 0.351. The van der Waals surface area contributed by atoms with Crippen molar-refractivity contribution in [1.82, 2.24) is 29.7 Å². The smallest absolute Gasteiger partial charge is 0.258 e. The molecule has 0 saturated heterocycles. The Kier molecular flexibility index (Phi) is 4.10. The van der Waals surface area contributed by atoms with Gasteiger partial charge in [-0.2, -0.15) is 24.7 Å². The van der Waals surface area contributed by atoms with Gasteiger partial charge in [0.2, 0.25) is 11.2 Å². The number of halogens is 1. The Balaban J connectivity index is 2.22. The molecule has 0 bridgehead atoms. The van der Waals surface area contributed by atoms with Crippen LogP contribution in [-0.4, -0.2) is 55.7 Å². The minimum atomic E-state index is -3.23. The highest BCUT2D eigenvalue weighted by molar-refractivity contribution is 7.92. The first-order valence-electron chi connectivity index (χ1n) is 5.89. The summed E-state index contributed by atoms with van der Waals surface area (Å²) in [6.07, 6.45) is 3.92. The average molecular weight is 332 g/mol. The predicted molar refractivity (Wildman–Crippen MR) is 77.2 cm³/mol. The third-order valence-corrected chi connectivity index (χ3v) is 5.22. The fraction of sp³-hybridized carbons (Fsp3) is 0.500. The van der Waals surface area contributed by atoms with Crippen LogP contribution in [-0.2, 0) is 9.84 Å². The molecule has 0 unspecified atom stereocenters. The third kappa shape index (κ3) is 3.64. The Morgan fingerprint density at radius 2 is 2.05 bits per heavy atom. The molecule has 1 N–H and O–H groups in total. The SMILES string of the molecule is CC(C)(CNc1nc(Cl)nc(-n2cncn2)n1)S(C)(=O)=O. The minimum absolute atomic E-state index is 0.0323. The van der Waals surface area contributed by atoms with Gasteiger partial charge in [-0.15, -0.1) is 0 Å². The molecule has 0 aliphatic heterocycles. The lowest BCUT2D eigenvalue weighted by Crippen LogP contribution is -2.38. The zero-order valence-corrected chi connectivity index (χ0v) is 13.2. The van der Waals surface area contributed by atoms with Gasteiger partial charge in [0.15, 0.2) is 9.84 Å². The van der Waals surface area contributed by atoms with Gasteiger partial charge >= 0.3 is 0 Å². The zero-order valence-electron chi connectivity index (χ0n) is 11.6. The Bertz CT molecular complexity index is 730. The number of nitrogens with one attached hydrogen (secondary N) is 1. The van der Waals surface area contributed by atoms with Crippen molar-refractivity contribution in [3.63, 3.8) is 0 Å². The molecule has 0 amide bonds. The summed E-state index contributed by atoms with van der Waals surface area (Å²) in [5.41, 5.74) is 0. The standard InChI is InChI=1S/C10H14ClN7O2S/c1-10(2,21(3,19)20)4-13-8-15-7(11)16-9(17-8)18-6-12-5-14-18/h5-6H,4H2,1-3H3,(H,13,15,16,17). The van der Waals surface area contributed by atoms with E-state index < -0.39 is 14.6 Å². The van der Waals surface area contributed by atoms with Crippen LogP contribution < -0.4 is 5.32 Å². The van der Waals surface area contributed by atoms with Gasteiger partial charge < -0.3 is 5.32 Å². The van der Waals surface area contributed by atoms with Gasteiger partial charge in [-0.25, -0.2) is 13.4 Å². The van der Waals surface area contributed by atoms with Crippen molar-refractivity contribution in [2.24, 2.45) is 0 Å². The van der Waals surface area contributed by atoms with Crippen molar-refractivity contribution in [2.75, 3.05) is 18.1 Å². The van der Waals surface area contributed by atoms with Gasteiger partial charge in [0.25, 0.3) is 5.95 Å². The molecule has 11 heteroatoms. The fourth-order valence-electron chi connectivity index (χ4n) is 1.26. The van der Waals surface area contributed by atoms with Crippen molar-refractivity contribution in [3.05, 3.63) is 17.9 Å². The zero-order chi connectivity index (χ0) is 15.7.